The van der Waals surface area contributed by atoms with Gasteiger partial charge in [-0.25, -0.2) is 0 Å². The van der Waals surface area contributed by atoms with E-state index >= 15 is 0 Å². The van der Waals surface area contributed by atoms with Gasteiger partial charge in [-0.1, -0.05) is 29.8 Å². The van der Waals surface area contributed by atoms with Crippen molar-refractivity contribution in [1.29, 1.82) is 0 Å². The van der Waals surface area contributed by atoms with Crippen LogP contribution in [0, 0.1) is 0 Å². The molecule has 1 aliphatic rings. The lowest BCUT2D eigenvalue weighted by Crippen LogP contribution is -2.22. The molecule has 0 aliphatic carbocycles. The molecule has 4 heteroatoms. The Balaban J connectivity index is 1.55. The lowest BCUT2D eigenvalue weighted by atomic mass is 10.1. The van der Waals surface area contributed by atoms with Gasteiger partial charge in [0, 0.05) is 24.3 Å². The lowest BCUT2D eigenvalue weighted by molar-refractivity contribution is 0.0165. The second-order valence-electron chi connectivity index (χ2n) is 5.26. The maximum atomic E-state index is 6.18. The van der Waals surface area contributed by atoms with Crippen LogP contribution in [-0.2, 0) is 9.47 Å². The van der Waals surface area contributed by atoms with Gasteiger partial charge in [-0.3, -0.25) is 0 Å². The molecule has 112 valence electrons. The standard InChI is InChI=1S/C16H24ClNO2/c1-13(15-7-2-3-8-16(15)17)18-9-5-10-19-12-14-6-4-11-20-14/h2-3,7-8,13-14,18H,4-6,9-12H2,1H3. The second-order valence-corrected chi connectivity index (χ2v) is 5.67. The number of halogens is 1. The molecular formula is C16H24ClNO2. The van der Waals surface area contributed by atoms with Crippen LogP contribution in [0.3, 0.4) is 0 Å². The van der Waals surface area contributed by atoms with E-state index in [1.165, 1.54) is 6.42 Å². The smallest absolute Gasteiger partial charge is 0.0809 e. The number of ether oxygens (including phenoxy) is 2. The molecule has 0 spiro atoms. The highest BCUT2D eigenvalue weighted by Crippen LogP contribution is 2.21. The summed E-state index contributed by atoms with van der Waals surface area (Å²) in [6, 6.07) is 8.23. The quantitative estimate of drug-likeness (QED) is 0.744. The maximum Gasteiger partial charge on any atom is 0.0809 e. The largest absolute Gasteiger partial charge is 0.379 e. The van der Waals surface area contributed by atoms with E-state index in [0.29, 0.717) is 6.10 Å². The predicted molar refractivity (Wildman–Crippen MR) is 82.3 cm³/mol. The molecule has 1 aromatic carbocycles. The van der Waals surface area contributed by atoms with Crippen molar-refractivity contribution in [3.63, 3.8) is 0 Å². The van der Waals surface area contributed by atoms with E-state index in [2.05, 4.69) is 18.3 Å². The Hall–Kier alpha value is -0.610. The zero-order valence-corrected chi connectivity index (χ0v) is 12.9. The van der Waals surface area contributed by atoms with E-state index in [-0.39, 0.29) is 6.04 Å². The summed E-state index contributed by atoms with van der Waals surface area (Å²) >= 11 is 6.18. The van der Waals surface area contributed by atoms with Crippen molar-refractivity contribution in [2.75, 3.05) is 26.4 Å². The summed E-state index contributed by atoms with van der Waals surface area (Å²) in [4.78, 5) is 0. The van der Waals surface area contributed by atoms with Gasteiger partial charge >= 0.3 is 0 Å². The fraction of sp³-hybridized carbons (Fsp3) is 0.625. The Kier molecular flexibility index (Phi) is 6.80. The molecule has 2 rings (SSSR count). The molecule has 0 saturated carbocycles. The minimum atomic E-state index is 0.266. The van der Waals surface area contributed by atoms with E-state index < -0.39 is 0 Å². The third kappa shape index (κ3) is 5.06. The van der Waals surface area contributed by atoms with Crippen molar-refractivity contribution >= 4 is 11.6 Å². The van der Waals surface area contributed by atoms with Crippen LogP contribution in [0.1, 0.15) is 37.8 Å². The number of rotatable bonds is 8. The molecule has 1 aliphatic heterocycles. The molecule has 3 nitrogen and oxygen atoms in total. The number of nitrogens with one attached hydrogen (secondary N) is 1. The Morgan fingerprint density at radius 2 is 2.30 bits per heavy atom. The van der Waals surface area contributed by atoms with E-state index in [1.807, 2.05) is 18.2 Å². The van der Waals surface area contributed by atoms with Gasteiger partial charge in [0.15, 0.2) is 0 Å². The normalized spacial score (nSPS) is 20.2. The van der Waals surface area contributed by atoms with Crippen molar-refractivity contribution in [3.8, 4) is 0 Å². The Morgan fingerprint density at radius 3 is 3.05 bits per heavy atom. The minimum Gasteiger partial charge on any atom is -0.379 e. The van der Waals surface area contributed by atoms with Gasteiger partial charge in [-0.15, -0.1) is 0 Å². The van der Waals surface area contributed by atoms with Gasteiger partial charge in [-0.2, -0.15) is 0 Å². The summed E-state index contributed by atoms with van der Waals surface area (Å²) in [6.07, 6.45) is 3.64. The monoisotopic (exact) mass is 297 g/mol. The van der Waals surface area contributed by atoms with E-state index in [0.717, 1.165) is 49.8 Å². The van der Waals surface area contributed by atoms with Crippen molar-refractivity contribution in [2.24, 2.45) is 0 Å². The molecule has 0 bridgehead atoms. The molecule has 20 heavy (non-hydrogen) atoms. The molecule has 0 radical (unpaired) electrons. The minimum absolute atomic E-state index is 0.266. The SMILES string of the molecule is CC(NCCCOCC1CCCO1)c1ccccc1Cl. The van der Waals surface area contributed by atoms with Crippen molar-refractivity contribution in [2.45, 2.75) is 38.3 Å². The Morgan fingerprint density at radius 1 is 1.45 bits per heavy atom. The summed E-state index contributed by atoms with van der Waals surface area (Å²) in [7, 11) is 0. The molecule has 2 atom stereocenters. The molecule has 0 aromatic heterocycles. The van der Waals surface area contributed by atoms with Crippen LogP contribution in [-0.4, -0.2) is 32.5 Å². The highest BCUT2D eigenvalue weighted by atomic mass is 35.5. The van der Waals surface area contributed by atoms with Gasteiger partial charge in [0.2, 0.25) is 0 Å². The van der Waals surface area contributed by atoms with Crippen LogP contribution < -0.4 is 5.32 Å². The summed E-state index contributed by atoms with van der Waals surface area (Å²) in [5, 5.41) is 4.29. The van der Waals surface area contributed by atoms with Crippen LogP contribution in [0.25, 0.3) is 0 Å². The third-order valence-corrected chi connectivity index (χ3v) is 3.96. The van der Waals surface area contributed by atoms with Gasteiger partial charge in [0.1, 0.15) is 0 Å². The Bertz CT molecular complexity index is 394. The van der Waals surface area contributed by atoms with Crippen LogP contribution in [0.2, 0.25) is 5.02 Å². The first kappa shape index (κ1) is 15.8. The van der Waals surface area contributed by atoms with Crippen molar-refractivity contribution < 1.29 is 9.47 Å². The summed E-state index contributed by atoms with van der Waals surface area (Å²) in [5.74, 6) is 0. The third-order valence-electron chi connectivity index (χ3n) is 3.62. The van der Waals surface area contributed by atoms with Gasteiger partial charge in [-0.05, 0) is 44.4 Å². The number of hydrogen-bond acceptors (Lipinski definition) is 3. The second kappa shape index (κ2) is 8.63. The van der Waals surface area contributed by atoms with Crippen LogP contribution in [0.4, 0.5) is 0 Å². The van der Waals surface area contributed by atoms with Gasteiger partial charge in [0.05, 0.1) is 12.7 Å². The van der Waals surface area contributed by atoms with Crippen molar-refractivity contribution in [3.05, 3.63) is 34.9 Å². The highest BCUT2D eigenvalue weighted by Gasteiger charge is 2.15. The molecule has 1 aromatic rings. The highest BCUT2D eigenvalue weighted by molar-refractivity contribution is 6.31. The lowest BCUT2D eigenvalue weighted by Gasteiger charge is -2.16. The fourth-order valence-corrected chi connectivity index (χ4v) is 2.72. The van der Waals surface area contributed by atoms with Crippen LogP contribution >= 0.6 is 11.6 Å². The molecule has 1 heterocycles. The number of benzene rings is 1. The first-order valence-corrected chi connectivity index (χ1v) is 7.82. The average Bonchev–Trinajstić information content (AvgIpc) is 2.96. The predicted octanol–water partition coefficient (Wildman–Crippen LogP) is 3.58. The first-order chi connectivity index (χ1) is 9.77. The van der Waals surface area contributed by atoms with Gasteiger partial charge in [0.25, 0.3) is 0 Å². The summed E-state index contributed by atoms with van der Waals surface area (Å²) in [6.45, 7) is 5.47. The van der Waals surface area contributed by atoms with Crippen molar-refractivity contribution in [1.82, 2.24) is 5.32 Å². The topological polar surface area (TPSA) is 30.5 Å². The summed E-state index contributed by atoms with van der Waals surface area (Å²) < 4.78 is 11.2. The van der Waals surface area contributed by atoms with E-state index in [4.69, 9.17) is 21.1 Å². The molecule has 1 saturated heterocycles. The average molecular weight is 298 g/mol. The fourth-order valence-electron chi connectivity index (χ4n) is 2.42. The molecule has 0 amide bonds. The molecular weight excluding hydrogens is 274 g/mol. The molecule has 1 fully saturated rings. The maximum absolute atomic E-state index is 6.18. The molecule has 2 unspecified atom stereocenters. The van der Waals surface area contributed by atoms with E-state index in [9.17, 15) is 0 Å². The zero-order chi connectivity index (χ0) is 14.2. The van der Waals surface area contributed by atoms with Crippen LogP contribution in [0.15, 0.2) is 24.3 Å². The van der Waals surface area contributed by atoms with Crippen LogP contribution in [0.5, 0.6) is 0 Å². The number of hydrogen-bond donors (Lipinski definition) is 1. The molecule has 1 N–H and O–H groups in total. The zero-order valence-electron chi connectivity index (χ0n) is 12.1. The first-order valence-electron chi connectivity index (χ1n) is 7.44. The van der Waals surface area contributed by atoms with Gasteiger partial charge < -0.3 is 14.8 Å². The van der Waals surface area contributed by atoms with E-state index in [1.54, 1.807) is 0 Å². The Labute approximate surface area is 126 Å². The summed E-state index contributed by atoms with van der Waals surface area (Å²) in [5.41, 5.74) is 1.15.